The molecule has 1 heterocycles. The van der Waals surface area contributed by atoms with Crippen LogP contribution in [0.4, 0.5) is 0 Å². The summed E-state index contributed by atoms with van der Waals surface area (Å²) in [5, 5.41) is 9.49. The maximum absolute atomic E-state index is 12.5. The Kier molecular flexibility index (Phi) is 6.58. The molecule has 1 N–H and O–H groups in total. The maximum atomic E-state index is 12.5. The van der Waals surface area contributed by atoms with E-state index in [0.29, 0.717) is 5.75 Å². The normalized spacial score (nSPS) is 19.4. The van der Waals surface area contributed by atoms with E-state index in [0.717, 1.165) is 41.6 Å². The van der Waals surface area contributed by atoms with Crippen LogP contribution in [0.3, 0.4) is 0 Å². The summed E-state index contributed by atoms with van der Waals surface area (Å²) >= 11 is 5.04. The molecule has 0 bridgehead atoms. The van der Waals surface area contributed by atoms with Gasteiger partial charge in [0.05, 0.1) is 18.4 Å². The molecule has 1 saturated heterocycles. The van der Waals surface area contributed by atoms with E-state index in [4.69, 9.17) is 0 Å². The van der Waals surface area contributed by atoms with Crippen LogP contribution in [-0.4, -0.2) is 40.9 Å². The quantitative estimate of drug-likeness (QED) is 0.821. The van der Waals surface area contributed by atoms with E-state index in [1.54, 1.807) is 11.8 Å². The van der Waals surface area contributed by atoms with Crippen molar-refractivity contribution in [2.24, 2.45) is 0 Å². The highest BCUT2D eigenvalue weighted by atomic mass is 79.9. The lowest BCUT2D eigenvalue weighted by atomic mass is 10.1. The van der Waals surface area contributed by atoms with Gasteiger partial charge >= 0.3 is 0 Å². The summed E-state index contributed by atoms with van der Waals surface area (Å²) in [6.07, 6.45) is 4.22. The number of likely N-dealkylation sites (tertiary alicyclic amines) is 1. The molecule has 116 valence electrons. The van der Waals surface area contributed by atoms with Gasteiger partial charge in [0, 0.05) is 15.9 Å². The molecule has 0 spiro atoms. The first-order valence-corrected chi connectivity index (χ1v) is 9.19. The van der Waals surface area contributed by atoms with Gasteiger partial charge in [-0.05, 0) is 43.5 Å². The summed E-state index contributed by atoms with van der Waals surface area (Å²) in [7, 11) is 0. The van der Waals surface area contributed by atoms with Gasteiger partial charge in [-0.2, -0.15) is 0 Å². The van der Waals surface area contributed by atoms with Gasteiger partial charge < -0.3 is 10.0 Å². The second kappa shape index (κ2) is 8.20. The monoisotopic (exact) mass is 371 g/mol. The Morgan fingerprint density at radius 1 is 1.43 bits per heavy atom. The summed E-state index contributed by atoms with van der Waals surface area (Å²) in [6.45, 7) is 2.91. The van der Waals surface area contributed by atoms with Crippen molar-refractivity contribution in [3.05, 3.63) is 28.2 Å². The molecule has 0 radical (unpaired) electrons. The Morgan fingerprint density at radius 3 is 2.95 bits per heavy atom. The number of hydrogen-bond acceptors (Lipinski definition) is 3. The first-order valence-electron chi connectivity index (χ1n) is 7.41. The Hall–Kier alpha value is -0.520. The van der Waals surface area contributed by atoms with Crippen molar-refractivity contribution in [2.45, 2.75) is 43.5 Å². The molecule has 1 amide bonds. The smallest absolute Gasteiger partial charge is 0.233 e. The molecule has 0 aliphatic carbocycles. The van der Waals surface area contributed by atoms with Crippen LogP contribution in [0.25, 0.3) is 0 Å². The molecule has 5 heteroatoms. The van der Waals surface area contributed by atoms with Gasteiger partial charge in [0.1, 0.15) is 0 Å². The molecule has 0 saturated carbocycles. The molecule has 1 atom stereocenters. The van der Waals surface area contributed by atoms with Crippen LogP contribution in [0, 0.1) is 6.92 Å². The number of benzene rings is 1. The Labute approximate surface area is 139 Å². The fourth-order valence-corrected chi connectivity index (χ4v) is 4.06. The van der Waals surface area contributed by atoms with Crippen LogP contribution in [0.15, 0.2) is 27.6 Å². The van der Waals surface area contributed by atoms with Crippen LogP contribution >= 0.6 is 27.7 Å². The van der Waals surface area contributed by atoms with E-state index >= 15 is 0 Å². The first-order chi connectivity index (χ1) is 10.1. The SMILES string of the molecule is Cc1cc(Br)ccc1SCC(=O)N1CCCCCC1CO. The van der Waals surface area contributed by atoms with Crippen LogP contribution < -0.4 is 0 Å². The van der Waals surface area contributed by atoms with E-state index in [-0.39, 0.29) is 18.6 Å². The highest BCUT2D eigenvalue weighted by molar-refractivity contribution is 9.10. The molecule has 1 fully saturated rings. The van der Waals surface area contributed by atoms with Crippen LogP contribution in [0.1, 0.15) is 31.2 Å². The van der Waals surface area contributed by atoms with Gasteiger partial charge in [-0.25, -0.2) is 0 Å². The third-order valence-corrected chi connectivity index (χ3v) is 5.55. The molecule has 1 aromatic rings. The minimum Gasteiger partial charge on any atom is -0.394 e. The standard InChI is InChI=1S/C16H22BrNO2S/c1-12-9-13(17)6-7-15(12)21-11-16(20)18-8-4-2-3-5-14(18)10-19/h6-7,9,14,19H,2-5,8,10-11H2,1H3. The van der Waals surface area contributed by atoms with Crippen molar-refractivity contribution in [3.8, 4) is 0 Å². The number of amides is 1. The minimum atomic E-state index is 0.00612. The number of carbonyl (C=O) groups is 1. The largest absolute Gasteiger partial charge is 0.394 e. The summed E-state index contributed by atoms with van der Waals surface area (Å²) in [6, 6.07) is 6.12. The van der Waals surface area contributed by atoms with Gasteiger partial charge in [0.2, 0.25) is 5.91 Å². The summed E-state index contributed by atoms with van der Waals surface area (Å²) in [5.41, 5.74) is 1.18. The number of nitrogens with zero attached hydrogens (tertiary/aromatic N) is 1. The molecular weight excluding hydrogens is 350 g/mol. The van der Waals surface area contributed by atoms with Gasteiger partial charge in [-0.1, -0.05) is 28.8 Å². The fourth-order valence-electron chi connectivity index (χ4n) is 2.69. The molecule has 1 aromatic carbocycles. The third-order valence-electron chi connectivity index (χ3n) is 3.90. The van der Waals surface area contributed by atoms with Crippen molar-refractivity contribution in [2.75, 3.05) is 18.9 Å². The van der Waals surface area contributed by atoms with E-state index < -0.39 is 0 Å². The Morgan fingerprint density at radius 2 is 2.24 bits per heavy atom. The topological polar surface area (TPSA) is 40.5 Å². The van der Waals surface area contributed by atoms with Crippen molar-refractivity contribution < 1.29 is 9.90 Å². The lowest BCUT2D eigenvalue weighted by molar-refractivity contribution is -0.131. The fraction of sp³-hybridized carbons (Fsp3) is 0.562. The average molecular weight is 372 g/mol. The van der Waals surface area contributed by atoms with Crippen molar-refractivity contribution >= 4 is 33.6 Å². The number of hydrogen-bond donors (Lipinski definition) is 1. The second-order valence-corrected chi connectivity index (χ2v) is 7.40. The first kappa shape index (κ1) is 16.8. The third kappa shape index (κ3) is 4.73. The number of aliphatic hydroxyl groups excluding tert-OH is 1. The van der Waals surface area contributed by atoms with Gasteiger partial charge in [0.25, 0.3) is 0 Å². The van der Waals surface area contributed by atoms with E-state index in [2.05, 4.69) is 28.9 Å². The molecule has 2 rings (SSSR count). The van der Waals surface area contributed by atoms with Crippen molar-refractivity contribution in [1.29, 1.82) is 0 Å². The van der Waals surface area contributed by atoms with Gasteiger partial charge in [-0.3, -0.25) is 4.79 Å². The molecule has 1 aliphatic rings. The summed E-state index contributed by atoms with van der Waals surface area (Å²) in [4.78, 5) is 15.5. The molecular formula is C16H22BrNO2S. The van der Waals surface area contributed by atoms with Gasteiger partial charge in [0.15, 0.2) is 0 Å². The average Bonchev–Trinajstić information content (AvgIpc) is 2.71. The number of carbonyl (C=O) groups excluding carboxylic acids is 1. The molecule has 1 aliphatic heterocycles. The number of thioether (sulfide) groups is 1. The molecule has 1 unspecified atom stereocenters. The van der Waals surface area contributed by atoms with E-state index in [9.17, 15) is 9.90 Å². The molecule has 21 heavy (non-hydrogen) atoms. The molecule has 0 aromatic heterocycles. The highest BCUT2D eigenvalue weighted by Gasteiger charge is 2.24. The molecule has 3 nitrogen and oxygen atoms in total. The lowest BCUT2D eigenvalue weighted by Crippen LogP contribution is -2.43. The zero-order valence-corrected chi connectivity index (χ0v) is 14.8. The number of halogens is 1. The highest BCUT2D eigenvalue weighted by Crippen LogP contribution is 2.26. The van der Waals surface area contributed by atoms with Crippen molar-refractivity contribution in [1.82, 2.24) is 4.90 Å². The predicted molar refractivity (Wildman–Crippen MR) is 90.7 cm³/mol. The van der Waals surface area contributed by atoms with E-state index in [1.165, 1.54) is 5.56 Å². The van der Waals surface area contributed by atoms with Crippen LogP contribution in [-0.2, 0) is 4.79 Å². The predicted octanol–water partition coefficient (Wildman–Crippen LogP) is 3.61. The number of aryl methyl sites for hydroxylation is 1. The maximum Gasteiger partial charge on any atom is 0.233 e. The summed E-state index contributed by atoms with van der Waals surface area (Å²) in [5.74, 6) is 0.585. The van der Waals surface area contributed by atoms with Crippen LogP contribution in [0.5, 0.6) is 0 Å². The van der Waals surface area contributed by atoms with Crippen molar-refractivity contribution in [3.63, 3.8) is 0 Å². The zero-order chi connectivity index (χ0) is 15.2. The summed E-state index contributed by atoms with van der Waals surface area (Å²) < 4.78 is 1.06. The Balaban J connectivity index is 1.96. The lowest BCUT2D eigenvalue weighted by Gasteiger charge is -2.28. The van der Waals surface area contributed by atoms with Gasteiger partial charge in [-0.15, -0.1) is 11.8 Å². The van der Waals surface area contributed by atoms with E-state index in [1.807, 2.05) is 17.0 Å². The minimum absolute atomic E-state index is 0.00612. The second-order valence-electron chi connectivity index (χ2n) is 5.47. The van der Waals surface area contributed by atoms with Crippen LogP contribution in [0.2, 0.25) is 0 Å². The zero-order valence-electron chi connectivity index (χ0n) is 12.3. The Bertz CT molecular complexity index is 495. The number of rotatable bonds is 4. The number of aliphatic hydroxyl groups is 1.